The smallest absolute Gasteiger partial charge is 0.319 e. The summed E-state index contributed by atoms with van der Waals surface area (Å²) in [4.78, 5) is 23.1. The fourth-order valence-corrected chi connectivity index (χ4v) is 2.75. The summed E-state index contributed by atoms with van der Waals surface area (Å²) in [5, 5.41) is 8.78. The highest BCUT2D eigenvalue weighted by Crippen LogP contribution is 2.16. The molecule has 0 atom stereocenters. The molecule has 1 fully saturated rings. The summed E-state index contributed by atoms with van der Waals surface area (Å²) in [6.45, 7) is 8.04. The van der Waals surface area contributed by atoms with E-state index in [-0.39, 0.29) is 6.03 Å². The second-order valence-electron chi connectivity index (χ2n) is 6.46. The van der Waals surface area contributed by atoms with Gasteiger partial charge in [0.1, 0.15) is 5.82 Å². The van der Waals surface area contributed by atoms with Gasteiger partial charge in [-0.05, 0) is 26.0 Å². The Morgan fingerprint density at radius 3 is 2.59 bits per heavy atom. The van der Waals surface area contributed by atoms with Crippen LogP contribution in [0, 0.1) is 13.8 Å². The maximum atomic E-state index is 11.9. The van der Waals surface area contributed by atoms with E-state index >= 15 is 0 Å². The molecule has 0 bridgehead atoms. The monoisotopic (exact) mass is 370 g/mol. The normalized spacial score (nSPS) is 13.9. The quantitative estimate of drug-likeness (QED) is 0.675. The average Bonchev–Trinajstić information content (AvgIpc) is 2.67. The number of anilines is 3. The van der Waals surface area contributed by atoms with E-state index in [0.717, 1.165) is 35.9 Å². The minimum Gasteiger partial charge on any atom is -0.378 e. The zero-order chi connectivity index (χ0) is 19.1. The second kappa shape index (κ2) is 9.18. The standard InChI is InChI=1S/C19H26N6O2/c1-14-3-5-16(6-4-14)23-19(26)21-8-7-20-18-22-15(2)13-17(24-18)25-9-11-27-12-10-25/h3-6,13H,7-12H2,1-2H3,(H,20,22,24)(H2,21,23,26). The molecule has 1 aromatic carbocycles. The first kappa shape index (κ1) is 18.9. The molecular weight excluding hydrogens is 344 g/mol. The van der Waals surface area contributed by atoms with E-state index in [4.69, 9.17) is 4.74 Å². The zero-order valence-electron chi connectivity index (χ0n) is 15.8. The van der Waals surface area contributed by atoms with Crippen LogP contribution >= 0.6 is 0 Å². The Morgan fingerprint density at radius 2 is 1.85 bits per heavy atom. The lowest BCUT2D eigenvalue weighted by Crippen LogP contribution is -2.37. The van der Waals surface area contributed by atoms with E-state index in [9.17, 15) is 4.79 Å². The number of aromatic nitrogens is 2. The van der Waals surface area contributed by atoms with Crippen molar-refractivity contribution >= 4 is 23.5 Å². The van der Waals surface area contributed by atoms with Crippen LogP contribution in [0.4, 0.5) is 22.2 Å². The number of amides is 2. The van der Waals surface area contributed by atoms with Gasteiger partial charge >= 0.3 is 6.03 Å². The Bertz CT molecular complexity index is 759. The van der Waals surface area contributed by atoms with Gasteiger partial charge in [-0.25, -0.2) is 9.78 Å². The molecule has 0 unspecified atom stereocenters. The molecule has 1 aliphatic rings. The number of carbonyl (C=O) groups excluding carboxylic acids is 1. The predicted molar refractivity (Wildman–Crippen MR) is 106 cm³/mol. The van der Waals surface area contributed by atoms with Crippen LogP contribution in [0.25, 0.3) is 0 Å². The molecule has 2 aromatic rings. The van der Waals surface area contributed by atoms with Crippen molar-refractivity contribution in [1.29, 1.82) is 0 Å². The minimum atomic E-state index is -0.236. The number of nitrogens with one attached hydrogen (secondary N) is 3. The molecule has 0 aliphatic carbocycles. The van der Waals surface area contributed by atoms with Crippen LogP contribution in [0.5, 0.6) is 0 Å². The number of urea groups is 1. The van der Waals surface area contributed by atoms with E-state index in [1.807, 2.05) is 44.2 Å². The fraction of sp³-hybridized carbons (Fsp3) is 0.421. The maximum absolute atomic E-state index is 11.9. The number of benzene rings is 1. The number of carbonyl (C=O) groups is 1. The molecule has 144 valence electrons. The van der Waals surface area contributed by atoms with Gasteiger partial charge in [0.05, 0.1) is 13.2 Å². The number of nitrogens with zero attached hydrogens (tertiary/aromatic N) is 3. The number of hydrogen-bond donors (Lipinski definition) is 3. The molecule has 8 nitrogen and oxygen atoms in total. The molecule has 0 radical (unpaired) electrons. The van der Waals surface area contributed by atoms with Crippen molar-refractivity contribution in [2.24, 2.45) is 0 Å². The second-order valence-corrected chi connectivity index (χ2v) is 6.46. The van der Waals surface area contributed by atoms with Crippen LogP contribution < -0.4 is 20.9 Å². The summed E-state index contributed by atoms with van der Waals surface area (Å²) in [6, 6.07) is 9.40. The first-order chi connectivity index (χ1) is 13.1. The molecule has 0 saturated carbocycles. The molecule has 3 N–H and O–H groups in total. The van der Waals surface area contributed by atoms with E-state index in [1.54, 1.807) is 0 Å². The Morgan fingerprint density at radius 1 is 1.11 bits per heavy atom. The number of ether oxygens (including phenoxy) is 1. The van der Waals surface area contributed by atoms with Crippen LogP contribution in [0.15, 0.2) is 30.3 Å². The van der Waals surface area contributed by atoms with Gasteiger partial charge < -0.3 is 25.6 Å². The van der Waals surface area contributed by atoms with Crippen molar-refractivity contribution < 1.29 is 9.53 Å². The van der Waals surface area contributed by atoms with Crippen molar-refractivity contribution in [1.82, 2.24) is 15.3 Å². The number of morpholine rings is 1. The molecule has 1 saturated heterocycles. The molecule has 2 amide bonds. The third-order valence-electron chi connectivity index (χ3n) is 4.18. The molecule has 2 heterocycles. The predicted octanol–water partition coefficient (Wildman–Crippen LogP) is 2.16. The van der Waals surface area contributed by atoms with Gasteiger partial charge in [-0.3, -0.25) is 0 Å². The van der Waals surface area contributed by atoms with Gasteiger partial charge in [0.15, 0.2) is 0 Å². The molecule has 1 aliphatic heterocycles. The lowest BCUT2D eigenvalue weighted by atomic mass is 10.2. The summed E-state index contributed by atoms with van der Waals surface area (Å²) in [5.41, 5.74) is 2.82. The lowest BCUT2D eigenvalue weighted by Gasteiger charge is -2.28. The Labute approximate surface area is 159 Å². The first-order valence-corrected chi connectivity index (χ1v) is 9.14. The Kier molecular flexibility index (Phi) is 6.43. The number of aryl methyl sites for hydroxylation is 2. The summed E-state index contributed by atoms with van der Waals surface area (Å²) in [7, 11) is 0. The van der Waals surface area contributed by atoms with E-state index in [0.29, 0.717) is 32.3 Å². The summed E-state index contributed by atoms with van der Waals surface area (Å²) in [6.07, 6.45) is 0. The van der Waals surface area contributed by atoms with E-state index in [1.165, 1.54) is 0 Å². The molecule has 3 rings (SSSR count). The summed E-state index contributed by atoms with van der Waals surface area (Å²) >= 11 is 0. The summed E-state index contributed by atoms with van der Waals surface area (Å²) < 4.78 is 5.39. The van der Waals surface area contributed by atoms with Crippen LogP contribution in [0.2, 0.25) is 0 Å². The van der Waals surface area contributed by atoms with Crippen LogP contribution in [0.1, 0.15) is 11.3 Å². The number of hydrogen-bond acceptors (Lipinski definition) is 6. The maximum Gasteiger partial charge on any atom is 0.319 e. The van der Waals surface area contributed by atoms with Crippen molar-refractivity contribution in [3.63, 3.8) is 0 Å². The highest BCUT2D eigenvalue weighted by Gasteiger charge is 2.14. The summed E-state index contributed by atoms with van der Waals surface area (Å²) in [5.74, 6) is 1.47. The third kappa shape index (κ3) is 5.82. The third-order valence-corrected chi connectivity index (χ3v) is 4.18. The van der Waals surface area contributed by atoms with Crippen molar-refractivity contribution in [2.75, 3.05) is 54.9 Å². The van der Waals surface area contributed by atoms with Gasteiger partial charge in [-0.1, -0.05) is 17.7 Å². The van der Waals surface area contributed by atoms with Gasteiger partial charge in [-0.2, -0.15) is 4.98 Å². The SMILES string of the molecule is Cc1ccc(NC(=O)NCCNc2nc(C)cc(N3CCOCC3)n2)cc1. The van der Waals surface area contributed by atoms with Gasteiger partial charge in [0.2, 0.25) is 5.95 Å². The highest BCUT2D eigenvalue weighted by atomic mass is 16.5. The highest BCUT2D eigenvalue weighted by molar-refractivity contribution is 5.89. The molecule has 0 spiro atoms. The fourth-order valence-electron chi connectivity index (χ4n) is 2.75. The largest absolute Gasteiger partial charge is 0.378 e. The van der Waals surface area contributed by atoms with Crippen molar-refractivity contribution in [3.8, 4) is 0 Å². The Balaban J connectivity index is 1.45. The van der Waals surface area contributed by atoms with Crippen LogP contribution in [-0.4, -0.2) is 55.4 Å². The van der Waals surface area contributed by atoms with Crippen LogP contribution in [-0.2, 0) is 4.74 Å². The zero-order valence-corrected chi connectivity index (χ0v) is 15.8. The molecule has 27 heavy (non-hydrogen) atoms. The van der Waals surface area contributed by atoms with Crippen LogP contribution in [0.3, 0.4) is 0 Å². The number of rotatable bonds is 6. The average molecular weight is 370 g/mol. The topological polar surface area (TPSA) is 91.4 Å². The molecule has 8 heteroatoms. The van der Waals surface area contributed by atoms with Gasteiger partial charge in [0, 0.05) is 43.6 Å². The molecular formula is C19H26N6O2. The van der Waals surface area contributed by atoms with Crippen molar-refractivity contribution in [3.05, 3.63) is 41.6 Å². The van der Waals surface area contributed by atoms with Gasteiger partial charge in [-0.15, -0.1) is 0 Å². The van der Waals surface area contributed by atoms with Crippen molar-refractivity contribution in [2.45, 2.75) is 13.8 Å². The van der Waals surface area contributed by atoms with Gasteiger partial charge in [0.25, 0.3) is 0 Å². The first-order valence-electron chi connectivity index (χ1n) is 9.14. The molecule has 1 aromatic heterocycles. The van der Waals surface area contributed by atoms with E-state index in [2.05, 4.69) is 30.8 Å². The lowest BCUT2D eigenvalue weighted by molar-refractivity contribution is 0.122. The van der Waals surface area contributed by atoms with E-state index < -0.39 is 0 Å². The Hall–Kier alpha value is -2.87. The minimum absolute atomic E-state index is 0.236.